The van der Waals surface area contributed by atoms with Crippen molar-refractivity contribution in [2.24, 2.45) is 0 Å². The van der Waals surface area contributed by atoms with Gasteiger partial charge in [-0.3, -0.25) is 19.2 Å². The first-order chi connectivity index (χ1) is 21.6. The van der Waals surface area contributed by atoms with Gasteiger partial charge in [0.1, 0.15) is 23.4 Å². The Morgan fingerprint density at radius 3 is 2.59 bits per heavy atom. The van der Waals surface area contributed by atoms with Crippen molar-refractivity contribution in [2.75, 3.05) is 40.2 Å². The Hall–Kier alpha value is -4.13. The van der Waals surface area contributed by atoms with Gasteiger partial charge in [-0.05, 0) is 25.1 Å². The Bertz CT molecular complexity index is 1700. The lowest BCUT2D eigenvalue weighted by Gasteiger charge is -2.22. The Labute approximate surface area is 259 Å². The van der Waals surface area contributed by atoms with Gasteiger partial charge in [-0.25, -0.2) is 19.2 Å². The average molecular weight is 676 g/mol. The molecule has 3 aromatic rings. The number of carbonyl (C=O) groups excluding carboxylic acids is 2. The molecule has 0 spiro atoms. The molecule has 2 unspecified atom stereocenters. The monoisotopic (exact) mass is 675 g/mol. The van der Waals surface area contributed by atoms with Crippen molar-refractivity contribution >= 4 is 36.5 Å². The van der Waals surface area contributed by atoms with Crippen LogP contribution >= 0.6 is 7.75 Å². The third-order valence-electron chi connectivity index (χ3n) is 6.68. The van der Waals surface area contributed by atoms with E-state index in [9.17, 15) is 37.7 Å². The lowest BCUT2D eigenvalue weighted by atomic mass is 10.1. The van der Waals surface area contributed by atoms with Gasteiger partial charge in [0.15, 0.2) is 24.0 Å². The number of hydrogen-bond donors (Lipinski definition) is 4. The zero-order chi connectivity index (χ0) is 34.0. The van der Waals surface area contributed by atoms with Gasteiger partial charge < -0.3 is 38.3 Å². The molecule has 4 rings (SSSR count). The molecule has 0 bridgehead atoms. The molecular formula is C26H32F2N5O12P. The largest absolute Gasteiger partial charge is 0.497 e. The molecule has 5 atom stereocenters. The van der Waals surface area contributed by atoms with Crippen LogP contribution in [0.3, 0.4) is 0 Å². The van der Waals surface area contributed by atoms with Crippen LogP contribution in [0.1, 0.15) is 18.9 Å². The van der Waals surface area contributed by atoms with Gasteiger partial charge in [-0.15, -0.1) is 0 Å². The number of fused-ring (bicyclic) bond motifs is 1. The minimum absolute atomic E-state index is 0.252. The number of nitrogens with zero attached hydrogens (tertiary/aromatic N) is 3. The molecule has 1 aromatic carbocycles. The Kier molecular flexibility index (Phi) is 10.3. The van der Waals surface area contributed by atoms with Crippen molar-refractivity contribution < 1.29 is 60.8 Å². The van der Waals surface area contributed by atoms with Gasteiger partial charge in [-0.1, -0.05) is 0 Å². The normalized spacial score (nSPS) is 20.9. The highest BCUT2D eigenvalue weighted by Crippen LogP contribution is 2.45. The standard InChI is InChI=1S/C26H32F2N5O12P/c1-13(22(35)32(2)3)31-46(38,39)43-12-18-21(34)26(27,28)23(45-18)33-7-6-19(29-24(33)36)30-25(37)42-11-16-9-14-8-15(40-4)10-17(41-5)20(14)44-16/h6-10,13,18,21,23,34H,11-12H2,1-5H3,(H2,31,38,39)(H,29,30,36,37)/t13-,18+,21+,23?/m0/s1. The van der Waals surface area contributed by atoms with E-state index >= 15 is 0 Å². The van der Waals surface area contributed by atoms with E-state index in [1.807, 2.05) is 0 Å². The molecule has 0 saturated carbocycles. The Morgan fingerprint density at radius 1 is 1.24 bits per heavy atom. The minimum Gasteiger partial charge on any atom is -0.497 e. The molecule has 1 fully saturated rings. The number of alkyl halides is 2. The van der Waals surface area contributed by atoms with Crippen LogP contribution in [0.15, 0.2) is 39.7 Å². The molecular weight excluding hydrogens is 643 g/mol. The summed E-state index contributed by atoms with van der Waals surface area (Å²) in [5, 5.41) is 15.0. The van der Waals surface area contributed by atoms with Gasteiger partial charge >= 0.3 is 25.5 Å². The van der Waals surface area contributed by atoms with E-state index in [4.69, 9.17) is 27.9 Å². The van der Waals surface area contributed by atoms with Gasteiger partial charge in [0.2, 0.25) is 12.1 Å². The van der Waals surface area contributed by atoms with E-state index in [-0.39, 0.29) is 18.2 Å². The topological polar surface area (TPSA) is 213 Å². The second-order valence-corrected chi connectivity index (χ2v) is 11.8. The first-order valence-electron chi connectivity index (χ1n) is 13.4. The fourth-order valence-electron chi connectivity index (χ4n) is 4.43. The maximum Gasteiger partial charge on any atom is 0.413 e. The summed E-state index contributed by atoms with van der Waals surface area (Å²) in [6, 6.07) is 4.75. The van der Waals surface area contributed by atoms with E-state index in [1.54, 1.807) is 18.2 Å². The maximum absolute atomic E-state index is 15.0. The number of aromatic nitrogens is 2. The summed E-state index contributed by atoms with van der Waals surface area (Å²) in [5.74, 6) is -3.82. The maximum atomic E-state index is 15.0. The molecule has 0 aliphatic carbocycles. The lowest BCUT2D eigenvalue weighted by Crippen LogP contribution is -2.42. The number of amides is 2. The molecule has 1 aliphatic heterocycles. The molecule has 252 valence electrons. The van der Waals surface area contributed by atoms with Crippen molar-refractivity contribution in [1.82, 2.24) is 19.5 Å². The number of hydrogen-bond acceptors (Lipinski definition) is 12. The van der Waals surface area contributed by atoms with Crippen LogP contribution in [0.5, 0.6) is 11.5 Å². The zero-order valence-corrected chi connectivity index (χ0v) is 26.0. The fourth-order valence-corrected chi connectivity index (χ4v) is 5.46. The van der Waals surface area contributed by atoms with E-state index < -0.39 is 62.4 Å². The number of carbonyl (C=O) groups is 2. The van der Waals surface area contributed by atoms with Gasteiger partial charge in [0.25, 0.3) is 0 Å². The highest BCUT2D eigenvalue weighted by molar-refractivity contribution is 7.50. The van der Waals surface area contributed by atoms with E-state index in [1.165, 1.54) is 35.2 Å². The highest BCUT2D eigenvalue weighted by Gasteiger charge is 2.60. The molecule has 20 heteroatoms. The summed E-state index contributed by atoms with van der Waals surface area (Å²) in [6.45, 7) is -0.0443. The third-order valence-corrected chi connectivity index (χ3v) is 7.89. The van der Waals surface area contributed by atoms with E-state index in [0.717, 1.165) is 17.2 Å². The first-order valence-corrected chi connectivity index (χ1v) is 15.0. The number of ether oxygens (including phenoxy) is 4. The predicted octanol–water partition coefficient (Wildman–Crippen LogP) is 1.83. The van der Waals surface area contributed by atoms with Crippen molar-refractivity contribution in [3.63, 3.8) is 0 Å². The molecule has 17 nitrogen and oxygen atoms in total. The van der Waals surface area contributed by atoms with Crippen molar-refractivity contribution in [1.29, 1.82) is 0 Å². The molecule has 1 saturated heterocycles. The number of halogens is 2. The molecule has 2 amide bonds. The van der Waals surface area contributed by atoms with Gasteiger partial charge in [0, 0.05) is 31.7 Å². The summed E-state index contributed by atoms with van der Waals surface area (Å²) in [4.78, 5) is 51.6. The first kappa shape index (κ1) is 34.7. The van der Waals surface area contributed by atoms with Crippen LogP contribution in [-0.4, -0.2) is 95.5 Å². The summed E-state index contributed by atoms with van der Waals surface area (Å²) < 4.78 is 73.8. The summed E-state index contributed by atoms with van der Waals surface area (Å²) in [7, 11) is 1.06. The van der Waals surface area contributed by atoms with Crippen molar-refractivity contribution in [3.05, 3.63) is 46.7 Å². The van der Waals surface area contributed by atoms with Crippen molar-refractivity contribution in [2.45, 2.75) is 43.9 Å². The Morgan fingerprint density at radius 2 is 1.96 bits per heavy atom. The minimum atomic E-state index is -4.71. The number of aliphatic hydroxyl groups excluding tert-OH is 1. The number of likely N-dealkylation sites (N-methyl/N-ethyl adjacent to an activating group) is 1. The molecule has 1 aliphatic rings. The fraction of sp³-hybridized carbons (Fsp3) is 0.462. The number of aliphatic hydroxyl groups is 1. The number of methoxy groups -OCH3 is 2. The highest BCUT2D eigenvalue weighted by atomic mass is 31.2. The number of benzene rings is 1. The zero-order valence-electron chi connectivity index (χ0n) is 25.1. The molecule has 46 heavy (non-hydrogen) atoms. The summed E-state index contributed by atoms with van der Waals surface area (Å²) in [5.41, 5.74) is -0.898. The molecule has 4 N–H and O–H groups in total. The van der Waals surface area contributed by atoms with Crippen LogP contribution in [0, 0.1) is 0 Å². The average Bonchev–Trinajstić information content (AvgIpc) is 3.51. The van der Waals surface area contributed by atoms with E-state index in [2.05, 4.69) is 15.4 Å². The van der Waals surface area contributed by atoms with Crippen LogP contribution < -0.4 is 25.6 Å². The van der Waals surface area contributed by atoms with Crippen LogP contribution in [0.2, 0.25) is 0 Å². The number of rotatable bonds is 12. The van der Waals surface area contributed by atoms with Crippen LogP contribution in [-0.2, 0) is 30.0 Å². The molecule has 2 aromatic heterocycles. The number of anilines is 1. The summed E-state index contributed by atoms with van der Waals surface area (Å²) in [6.07, 6.45) is -7.02. The summed E-state index contributed by atoms with van der Waals surface area (Å²) >= 11 is 0. The lowest BCUT2D eigenvalue weighted by molar-refractivity contribution is -0.140. The smallest absolute Gasteiger partial charge is 0.413 e. The van der Waals surface area contributed by atoms with Gasteiger partial charge in [-0.2, -0.15) is 13.8 Å². The quantitative estimate of drug-likeness (QED) is 0.202. The molecule has 0 radical (unpaired) electrons. The number of nitrogens with one attached hydrogen (secondary N) is 2. The second-order valence-electron chi connectivity index (χ2n) is 10.2. The van der Waals surface area contributed by atoms with Gasteiger partial charge in [0.05, 0.1) is 26.9 Å². The third kappa shape index (κ3) is 7.63. The molecule has 3 heterocycles. The second kappa shape index (κ2) is 13.7. The SMILES string of the molecule is COc1cc(OC)c2oc(COC(=O)Nc3ccn(C4O[C@H](COP(=O)(O)N[C@@H](C)C(=O)N(C)C)[C@@H](O)C4(F)F)c(=O)n3)cc2c1. The number of furan rings is 1. The van der Waals surface area contributed by atoms with Crippen LogP contribution in [0.25, 0.3) is 11.0 Å². The Balaban J connectivity index is 1.37. The predicted molar refractivity (Wildman–Crippen MR) is 154 cm³/mol. The van der Waals surface area contributed by atoms with Crippen molar-refractivity contribution in [3.8, 4) is 11.5 Å². The van der Waals surface area contributed by atoms with Crippen LogP contribution in [0.4, 0.5) is 19.4 Å². The van der Waals surface area contributed by atoms with E-state index in [0.29, 0.717) is 27.0 Å².